The van der Waals surface area contributed by atoms with Gasteiger partial charge in [-0.25, -0.2) is 0 Å². The lowest BCUT2D eigenvalue weighted by molar-refractivity contribution is -0.0498. The average Bonchev–Trinajstić information content (AvgIpc) is 2.49. The second kappa shape index (κ2) is 7.75. The number of carbonyl (C=O) groups excluding carboxylic acids is 1. The van der Waals surface area contributed by atoms with Crippen LogP contribution >= 0.6 is 11.6 Å². The lowest BCUT2D eigenvalue weighted by Gasteiger charge is -2.07. The molecule has 0 fully saturated rings. The number of carbonyl (C=O) groups is 1. The quantitative estimate of drug-likeness (QED) is 0.874. The topological polar surface area (TPSA) is 38.3 Å². The standard InChI is InChI=1S/C16H14ClF2NO2/c17-13-5-3-12(4-6-13)15(21)20-10-9-11-1-7-14(8-2-11)22-16(18)19/h1-8,16H,9-10H2,(H,20,21). The molecule has 2 rings (SSSR count). The molecule has 2 aromatic rings. The van der Waals surface area contributed by atoms with Crippen LogP contribution in [0.4, 0.5) is 8.78 Å². The highest BCUT2D eigenvalue weighted by molar-refractivity contribution is 6.30. The Labute approximate surface area is 131 Å². The van der Waals surface area contributed by atoms with Gasteiger partial charge in [0.25, 0.3) is 5.91 Å². The summed E-state index contributed by atoms with van der Waals surface area (Å²) >= 11 is 5.76. The Kier molecular flexibility index (Phi) is 5.72. The SMILES string of the molecule is O=C(NCCc1ccc(OC(F)F)cc1)c1ccc(Cl)cc1. The van der Waals surface area contributed by atoms with Gasteiger partial charge in [0.1, 0.15) is 5.75 Å². The van der Waals surface area contributed by atoms with E-state index in [1.807, 2.05) is 0 Å². The van der Waals surface area contributed by atoms with Crippen LogP contribution in [0.5, 0.6) is 5.75 Å². The van der Waals surface area contributed by atoms with Gasteiger partial charge in [-0.2, -0.15) is 8.78 Å². The molecule has 0 saturated heterocycles. The van der Waals surface area contributed by atoms with Crippen molar-refractivity contribution in [3.63, 3.8) is 0 Å². The van der Waals surface area contributed by atoms with Gasteiger partial charge < -0.3 is 10.1 Å². The molecule has 0 radical (unpaired) electrons. The number of nitrogens with one attached hydrogen (secondary N) is 1. The number of amides is 1. The summed E-state index contributed by atoms with van der Waals surface area (Å²) in [4.78, 5) is 11.9. The second-order valence-corrected chi connectivity index (χ2v) is 4.97. The lowest BCUT2D eigenvalue weighted by atomic mass is 10.1. The van der Waals surface area contributed by atoms with E-state index in [9.17, 15) is 13.6 Å². The average molecular weight is 326 g/mol. The van der Waals surface area contributed by atoms with Gasteiger partial charge in [-0.1, -0.05) is 23.7 Å². The number of hydrogen-bond donors (Lipinski definition) is 1. The van der Waals surface area contributed by atoms with Gasteiger partial charge in [-0.3, -0.25) is 4.79 Å². The molecule has 0 aliphatic heterocycles. The minimum absolute atomic E-state index is 0.115. The first kappa shape index (κ1) is 16.2. The highest BCUT2D eigenvalue weighted by Crippen LogP contribution is 2.15. The Morgan fingerprint density at radius 1 is 1.09 bits per heavy atom. The van der Waals surface area contributed by atoms with E-state index >= 15 is 0 Å². The van der Waals surface area contributed by atoms with Crippen LogP contribution in [0, 0.1) is 0 Å². The van der Waals surface area contributed by atoms with Crippen molar-refractivity contribution in [3.05, 3.63) is 64.7 Å². The van der Waals surface area contributed by atoms with Gasteiger partial charge in [0.05, 0.1) is 0 Å². The Balaban J connectivity index is 1.80. The molecule has 116 valence electrons. The van der Waals surface area contributed by atoms with Crippen LogP contribution in [-0.4, -0.2) is 19.1 Å². The van der Waals surface area contributed by atoms with Gasteiger partial charge >= 0.3 is 6.61 Å². The minimum atomic E-state index is -2.83. The molecule has 0 atom stereocenters. The molecule has 0 aliphatic rings. The Morgan fingerprint density at radius 2 is 1.73 bits per heavy atom. The van der Waals surface area contributed by atoms with Crippen molar-refractivity contribution in [2.75, 3.05) is 6.54 Å². The zero-order valence-corrected chi connectivity index (χ0v) is 12.3. The molecule has 1 amide bonds. The maximum atomic E-state index is 12.0. The van der Waals surface area contributed by atoms with Crippen LogP contribution in [0.1, 0.15) is 15.9 Å². The van der Waals surface area contributed by atoms with E-state index in [0.717, 1.165) is 5.56 Å². The minimum Gasteiger partial charge on any atom is -0.435 e. The maximum Gasteiger partial charge on any atom is 0.387 e. The number of hydrogen-bond acceptors (Lipinski definition) is 2. The van der Waals surface area contributed by atoms with E-state index in [2.05, 4.69) is 10.1 Å². The van der Waals surface area contributed by atoms with E-state index < -0.39 is 6.61 Å². The molecule has 1 N–H and O–H groups in total. The molecular formula is C16H14ClF2NO2. The Hall–Kier alpha value is -2.14. The molecule has 0 aliphatic carbocycles. The van der Waals surface area contributed by atoms with Crippen LogP contribution in [0.25, 0.3) is 0 Å². The number of alkyl halides is 2. The van der Waals surface area contributed by atoms with Crippen LogP contribution in [-0.2, 0) is 6.42 Å². The van der Waals surface area contributed by atoms with Gasteiger partial charge in [0, 0.05) is 17.1 Å². The molecular weight excluding hydrogens is 312 g/mol. The summed E-state index contributed by atoms with van der Waals surface area (Å²) in [5.41, 5.74) is 1.45. The van der Waals surface area contributed by atoms with Gasteiger partial charge in [0.2, 0.25) is 0 Å². The highest BCUT2D eigenvalue weighted by atomic mass is 35.5. The first-order valence-corrected chi connectivity index (χ1v) is 7.00. The van der Waals surface area contributed by atoms with Gasteiger partial charge in [0.15, 0.2) is 0 Å². The van der Waals surface area contributed by atoms with Crippen LogP contribution in [0.15, 0.2) is 48.5 Å². The molecule has 0 unspecified atom stereocenters. The summed E-state index contributed by atoms with van der Waals surface area (Å²) in [7, 11) is 0. The van der Waals surface area contributed by atoms with Crippen molar-refractivity contribution in [1.29, 1.82) is 0 Å². The predicted molar refractivity (Wildman–Crippen MR) is 80.6 cm³/mol. The summed E-state index contributed by atoms with van der Waals surface area (Å²) in [5, 5.41) is 3.35. The lowest BCUT2D eigenvalue weighted by Crippen LogP contribution is -2.25. The van der Waals surface area contributed by atoms with Crippen LogP contribution in [0.2, 0.25) is 5.02 Å². The number of benzene rings is 2. The predicted octanol–water partition coefficient (Wildman–Crippen LogP) is 3.91. The fourth-order valence-corrected chi connectivity index (χ4v) is 1.99. The summed E-state index contributed by atoms with van der Waals surface area (Å²) < 4.78 is 28.3. The monoisotopic (exact) mass is 325 g/mol. The molecule has 2 aromatic carbocycles. The molecule has 0 aromatic heterocycles. The van der Waals surface area contributed by atoms with E-state index in [1.54, 1.807) is 36.4 Å². The Bertz CT molecular complexity index is 615. The second-order valence-electron chi connectivity index (χ2n) is 4.54. The molecule has 0 saturated carbocycles. The molecule has 0 bridgehead atoms. The number of ether oxygens (including phenoxy) is 1. The van der Waals surface area contributed by atoms with Crippen molar-refractivity contribution in [2.24, 2.45) is 0 Å². The fraction of sp³-hybridized carbons (Fsp3) is 0.188. The van der Waals surface area contributed by atoms with Crippen molar-refractivity contribution < 1.29 is 18.3 Å². The third kappa shape index (κ3) is 5.00. The Morgan fingerprint density at radius 3 is 2.32 bits per heavy atom. The zero-order chi connectivity index (χ0) is 15.9. The molecule has 6 heteroatoms. The van der Waals surface area contributed by atoms with E-state index in [-0.39, 0.29) is 11.7 Å². The van der Waals surface area contributed by atoms with E-state index in [0.29, 0.717) is 23.6 Å². The maximum absolute atomic E-state index is 12.0. The smallest absolute Gasteiger partial charge is 0.387 e. The summed E-state index contributed by atoms with van der Waals surface area (Å²) in [6, 6.07) is 12.9. The largest absolute Gasteiger partial charge is 0.435 e. The van der Waals surface area contributed by atoms with Crippen molar-refractivity contribution in [2.45, 2.75) is 13.0 Å². The summed E-state index contributed by atoms with van der Waals surface area (Å²) in [5.74, 6) is -0.0710. The van der Waals surface area contributed by atoms with Crippen molar-refractivity contribution in [3.8, 4) is 5.75 Å². The first-order chi connectivity index (χ1) is 10.5. The first-order valence-electron chi connectivity index (χ1n) is 6.62. The molecule has 0 heterocycles. The fourth-order valence-electron chi connectivity index (χ4n) is 1.86. The zero-order valence-electron chi connectivity index (χ0n) is 11.6. The van der Waals surface area contributed by atoms with Gasteiger partial charge in [-0.15, -0.1) is 0 Å². The molecule has 3 nitrogen and oxygen atoms in total. The number of halogens is 3. The van der Waals surface area contributed by atoms with Crippen LogP contribution in [0.3, 0.4) is 0 Å². The normalized spacial score (nSPS) is 10.5. The van der Waals surface area contributed by atoms with Crippen molar-refractivity contribution in [1.82, 2.24) is 5.32 Å². The van der Waals surface area contributed by atoms with E-state index in [1.165, 1.54) is 12.1 Å². The molecule has 22 heavy (non-hydrogen) atoms. The van der Waals surface area contributed by atoms with E-state index in [4.69, 9.17) is 11.6 Å². The third-order valence-electron chi connectivity index (χ3n) is 2.95. The summed E-state index contributed by atoms with van der Waals surface area (Å²) in [6.45, 7) is -2.39. The highest BCUT2D eigenvalue weighted by Gasteiger charge is 2.06. The van der Waals surface area contributed by atoms with Crippen molar-refractivity contribution >= 4 is 17.5 Å². The third-order valence-corrected chi connectivity index (χ3v) is 3.21. The van der Waals surface area contributed by atoms with Gasteiger partial charge in [-0.05, 0) is 48.4 Å². The van der Waals surface area contributed by atoms with Crippen LogP contribution < -0.4 is 10.1 Å². The molecule has 0 spiro atoms. The summed E-state index contributed by atoms with van der Waals surface area (Å²) in [6.07, 6.45) is 0.592. The number of rotatable bonds is 6.